The van der Waals surface area contributed by atoms with E-state index >= 15 is 0 Å². The van der Waals surface area contributed by atoms with Gasteiger partial charge < -0.3 is 9.47 Å². The number of thiazole rings is 1. The summed E-state index contributed by atoms with van der Waals surface area (Å²) in [5.74, 6) is -0.199. The fourth-order valence-electron chi connectivity index (χ4n) is 3.22. The zero-order chi connectivity index (χ0) is 20.4. The van der Waals surface area contributed by atoms with Crippen LogP contribution in [0, 0.1) is 0 Å². The molecule has 1 aliphatic rings. The van der Waals surface area contributed by atoms with E-state index in [9.17, 15) is 9.59 Å². The highest BCUT2D eigenvalue weighted by molar-refractivity contribution is 7.10. The van der Waals surface area contributed by atoms with Gasteiger partial charge in [0, 0.05) is 17.4 Å². The molecule has 0 bridgehead atoms. The molecule has 1 atom stereocenters. The molecule has 148 valence electrons. The van der Waals surface area contributed by atoms with Crippen molar-refractivity contribution in [1.29, 1.82) is 0 Å². The third-order valence-corrected chi connectivity index (χ3v) is 5.58. The Morgan fingerprint density at radius 3 is 2.79 bits per heavy atom. The summed E-state index contributed by atoms with van der Waals surface area (Å²) in [7, 11) is 1.30. The number of amides is 1. The van der Waals surface area contributed by atoms with Crippen LogP contribution in [0.4, 0.5) is 5.69 Å². The van der Waals surface area contributed by atoms with Crippen LogP contribution in [0.25, 0.3) is 11.3 Å². The number of ether oxygens (including phenoxy) is 2. The number of methoxy groups -OCH3 is 1. The highest BCUT2D eigenvalue weighted by Crippen LogP contribution is 2.37. The van der Waals surface area contributed by atoms with Crippen LogP contribution < -0.4 is 9.64 Å². The van der Waals surface area contributed by atoms with Crippen LogP contribution in [0.15, 0.2) is 53.9 Å². The summed E-state index contributed by atoms with van der Waals surface area (Å²) in [6.07, 6.45) is 0.110. The number of hydrogen-bond donors (Lipinski definition) is 0. The van der Waals surface area contributed by atoms with Crippen molar-refractivity contribution < 1.29 is 19.1 Å². The number of anilines is 1. The van der Waals surface area contributed by atoms with Gasteiger partial charge in [0.1, 0.15) is 12.3 Å². The molecule has 0 radical (unpaired) electrons. The number of benzene rings is 2. The highest BCUT2D eigenvalue weighted by Gasteiger charge is 2.33. The molecule has 1 aromatic heterocycles. The molecule has 0 saturated carbocycles. The minimum atomic E-state index is -0.658. The maximum Gasteiger partial charge on any atom is 0.325 e. The van der Waals surface area contributed by atoms with Gasteiger partial charge in [-0.15, -0.1) is 11.3 Å². The summed E-state index contributed by atoms with van der Waals surface area (Å²) in [6.45, 7) is 1.51. The second-order valence-corrected chi connectivity index (χ2v) is 7.67. The first kappa shape index (κ1) is 19.1. The van der Waals surface area contributed by atoms with Crippen LogP contribution in [0.1, 0.15) is 17.5 Å². The first-order valence-corrected chi connectivity index (χ1v) is 10.1. The Labute approximate surface area is 172 Å². The van der Waals surface area contributed by atoms with Gasteiger partial charge in [-0.25, -0.2) is 4.98 Å². The molecule has 2 heterocycles. The predicted molar refractivity (Wildman–Crippen MR) is 111 cm³/mol. The quantitative estimate of drug-likeness (QED) is 0.603. The average molecular weight is 408 g/mol. The van der Waals surface area contributed by atoms with Gasteiger partial charge in [0.15, 0.2) is 6.10 Å². The molecule has 2 aromatic carbocycles. The third-order valence-electron chi connectivity index (χ3n) is 4.73. The van der Waals surface area contributed by atoms with Crippen LogP contribution in [-0.2, 0) is 20.7 Å². The minimum Gasteiger partial charge on any atom is -0.479 e. The van der Waals surface area contributed by atoms with Gasteiger partial charge in [-0.05, 0) is 30.7 Å². The van der Waals surface area contributed by atoms with Gasteiger partial charge >= 0.3 is 5.97 Å². The summed E-state index contributed by atoms with van der Waals surface area (Å²) >= 11 is 1.60. The smallest absolute Gasteiger partial charge is 0.325 e. The van der Waals surface area contributed by atoms with Crippen LogP contribution in [0.3, 0.4) is 0 Å². The van der Waals surface area contributed by atoms with Crippen LogP contribution in [0.2, 0.25) is 0 Å². The Balaban J connectivity index is 1.63. The Hall–Kier alpha value is -3.19. The summed E-state index contributed by atoms with van der Waals surface area (Å²) in [4.78, 5) is 30.5. The monoisotopic (exact) mass is 408 g/mol. The van der Waals surface area contributed by atoms with Crippen molar-refractivity contribution in [2.45, 2.75) is 19.4 Å². The average Bonchev–Trinajstić information content (AvgIpc) is 3.20. The predicted octanol–water partition coefficient (Wildman–Crippen LogP) is 3.69. The normalized spacial score (nSPS) is 15.6. The summed E-state index contributed by atoms with van der Waals surface area (Å²) < 4.78 is 10.4. The van der Waals surface area contributed by atoms with Gasteiger partial charge in [0.25, 0.3) is 5.91 Å². The zero-order valence-corrected chi connectivity index (χ0v) is 16.9. The van der Waals surface area contributed by atoms with Crippen molar-refractivity contribution in [3.63, 3.8) is 0 Å². The van der Waals surface area contributed by atoms with E-state index in [1.807, 2.05) is 41.8 Å². The molecule has 6 nitrogen and oxygen atoms in total. The second-order valence-electron chi connectivity index (χ2n) is 6.73. The van der Waals surface area contributed by atoms with Gasteiger partial charge in [0.05, 0.1) is 23.5 Å². The molecular formula is C22H20N2O4S. The Morgan fingerprint density at radius 2 is 2.03 bits per heavy atom. The Bertz CT molecular complexity index is 1050. The molecule has 7 heteroatoms. The lowest BCUT2D eigenvalue weighted by molar-refractivity contribution is -0.140. The highest BCUT2D eigenvalue weighted by atomic mass is 32.1. The van der Waals surface area contributed by atoms with Gasteiger partial charge in [0.2, 0.25) is 0 Å². The fourth-order valence-corrected chi connectivity index (χ4v) is 4.06. The summed E-state index contributed by atoms with van der Waals surface area (Å²) in [5, 5.41) is 3.01. The number of hydrogen-bond acceptors (Lipinski definition) is 6. The van der Waals surface area contributed by atoms with E-state index in [1.54, 1.807) is 18.3 Å². The van der Waals surface area contributed by atoms with E-state index in [2.05, 4.69) is 12.1 Å². The molecule has 0 fully saturated rings. The van der Waals surface area contributed by atoms with Crippen LogP contribution in [0.5, 0.6) is 5.75 Å². The molecule has 1 amide bonds. The van der Waals surface area contributed by atoms with E-state index in [4.69, 9.17) is 14.5 Å². The van der Waals surface area contributed by atoms with Gasteiger partial charge in [-0.3, -0.25) is 14.5 Å². The maximum atomic E-state index is 12.6. The SMILES string of the molecule is COC(=O)CN1C(=O)C(C)Oc2ccc(-c3csc(Cc4ccccc4)n3)cc21. The summed E-state index contributed by atoms with van der Waals surface area (Å²) in [6, 6.07) is 15.7. The molecule has 1 unspecified atom stereocenters. The zero-order valence-electron chi connectivity index (χ0n) is 16.1. The van der Waals surface area contributed by atoms with Crippen molar-refractivity contribution in [2.75, 3.05) is 18.6 Å². The first-order valence-electron chi connectivity index (χ1n) is 9.23. The van der Waals surface area contributed by atoms with Crippen molar-refractivity contribution in [2.24, 2.45) is 0 Å². The number of rotatable bonds is 5. The van der Waals surface area contributed by atoms with Crippen molar-refractivity contribution >= 4 is 28.9 Å². The standard InChI is InChI=1S/C22H20N2O4S/c1-14-22(26)24(12-21(25)27-2)18-11-16(8-9-19(18)28-14)17-13-29-20(23-17)10-15-6-4-3-5-7-15/h3-9,11,13-14H,10,12H2,1-2H3. The van der Waals surface area contributed by atoms with E-state index < -0.39 is 12.1 Å². The van der Waals surface area contributed by atoms with Gasteiger partial charge in [-0.2, -0.15) is 0 Å². The Morgan fingerprint density at radius 1 is 1.24 bits per heavy atom. The van der Waals surface area contributed by atoms with Crippen molar-refractivity contribution in [3.8, 4) is 17.0 Å². The number of carbonyl (C=O) groups is 2. The van der Waals surface area contributed by atoms with E-state index in [-0.39, 0.29) is 12.5 Å². The number of esters is 1. The number of nitrogens with zero attached hydrogens (tertiary/aromatic N) is 2. The lowest BCUT2D eigenvalue weighted by Gasteiger charge is -2.32. The van der Waals surface area contributed by atoms with Crippen molar-refractivity contribution in [1.82, 2.24) is 4.98 Å². The molecule has 3 aromatic rings. The van der Waals surface area contributed by atoms with Crippen molar-refractivity contribution in [3.05, 3.63) is 64.5 Å². The maximum absolute atomic E-state index is 12.6. The molecule has 0 saturated heterocycles. The molecule has 0 spiro atoms. The van der Waals surface area contributed by atoms with Crippen LogP contribution in [-0.4, -0.2) is 36.6 Å². The van der Waals surface area contributed by atoms with E-state index in [0.717, 1.165) is 22.7 Å². The van der Waals surface area contributed by atoms with Gasteiger partial charge in [-0.1, -0.05) is 30.3 Å². The third kappa shape index (κ3) is 4.00. The number of fused-ring (bicyclic) bond motifs is 1. The molecule has 0 N–H and O–H groups in total. The van der Waals surface area contributed by atoms with E-state index in [1.165, 1.54) is 17.6 Å². The second kappa shape index (κ2) is 8.05. The molecule has 1 aliphatic heterocycles. The topological polar surface area (TPSA) is 68.7 Å². The number of carbonyl (C=O) groups excluding carboxylic acids is 2. The minimum absolute atomic E-state index is 0.157. The van der Waals surface area contributed by atoms with E-state index in [0.29, 0.717) is 11.4 Å². The fraction of sp³-hybridized carbons (Fsp3) is 0.227. The largest absolute Gasteiger partial charge is 0.479 e. The van der Waals surface area contributed by atoms with Crippen LogP contribution >= 0.6 is 11.3 Å². The molecule has 29 heavy (non-hydrogen) atoms. The molecule has 4 rings (SSSR count). The molecular weight excluding hydrogens is 388 g/mol. The summed E-state index contributed by atoms with van der Waals surface area (Å²) in [5.41, 5.74) is 3.44. The number of aromatic nitrogens is 1. The lowest BCUT2D eigenvalue weighted by atomic mass is 10.1. The molecule has 0 aliphatic carbocycles. The Kier molecular flexibility index (Phi) is 5.31. The lowest BCUT2D eigenvalue weighted by Crippen LogP contribution is -2.46. The first-order chi connectivity index (χ1) is 14.0.